The molecule has 1 saturated heterocycles. The van der Waals surface area contributed by atoms with Gasteiger partial charge in [-0.25, -0.2) is 17.2 Å². The average molecular weight is 551 g/mol. The van der Waals surface area contributed by atoms with Crippen LogP contribution in [0, 0.1) is 17.1 Å². The number of ketones is 1. The summed E-state index contributed by atoms with van der Waals surface area (Å²) in [4.78, 5) is 20.2. The Hall–Kier alpha value is -3.76. The molecule has 1 fully saturated rings. The van der Waals surface area contributed by atoms with Gasteiger partial charge in [-0.1, -0.05) is 6.07 Å². The molecule has 1 aliphatic heterocycles. The Morgan fingerprint density at radius 3 is 2.42 bits per heavy atom. The first-order chi connectivity index (χ1) is 17.9. The second-order valence-corrected chi connectivity index (χ2v) is 10.5. The van der Waals surface area contributed by atoms with E-state index in [4.69, 9.17) is 0 Å². The summed E-state index contributed by atoms with van der Waals surface area (Å²) in [6.45, 7) is -0.518. The second-order valence-electron chi connectivity index (χ2n) is 8.61. The summed E-state index contributed by atoms with van der Waals surface area (Å²) >= 11 is 0. The summed E-state index contributed by atoms with van der Waals surface area (Å²) in [5, 5.41) is 9.39. The summed E-state index contributed by atoms with van der Waals surface area (Å²) in [6.07, 6.45) is -4.54. The van der Waals surface area contributed by atoms with E-state index in [0.29, 0.717) is 5.69 Å². The fraction of sp³-hybridized carbons (Fsp3) is 0.280. The molecule has 13 heteroatoms. The Labute approximate surface area is 214 Å². The number of carbonyl (C=O) groups is 1. The van der Waals surface area contributed by atoms with Crippen molar-refractivity contribution in [2.45, 2.75) is 42.5 Å². The first kappa shape index (κ1) is 27.3. The van der Waals surface area contributed by atoms with Crippen LogP contribution < -0.4 is 0 Å². The SMILES string of the molecule is N#Cc1cnc(CCC(=O)C2C[C@@H](F)CN2S(=O)(=O)c2ccc(F)cc2)cc1-c1ccc(C(F)(F)F)nc1. The van der Waals surface area contributed by atoms with Crippen LogP contribution in [0.3, 0.4) is 0 Å². The minimum Gasteiger partial charge on any atom is -0.298 e. The lowest BCUT2D eigenvalue weighted by atomic mass is 9.99. The number of benzene rings is 1. The second kappa shape index (κ2) is 10.5. The van der Waals surface area contributed by atoms with E-state index in [1.807, 2.05) is 6.07 Å². The molecule has 2 aromatic heterocycles. The van der Waals surface area contributed by atoms with Gasteiger partial charge in [0.2, 0.25) is 10.0 Å². The van der Waals surface area contributed by atoms with Crippen LogP contribution in [0.15, 0.2) is 59.8 Å². The topological polar surface area (TPSA) is 104 Å². The standard InChI is InChI=1S/C25H19F5N4O3S/c26-17-2-5-20(6-3-17)38(36,37)34-14-18(27)9-22(34)23(35)7-4-19-10-21(16(11-31)13-32-19)15-1-8-24(33-12-15)25(28,29)30/h1-3,5-6,8,10,12-13,18,22H,4,7,9,14H2/t18-,22?/m1/s1. The van der Waals surface area contributed by atoms with Gasteiger partial charge in [0.05, 0.1) is 16.5 Å². The Bertz CT molecular complexity index is 1490. The van der Waals surface area contributed by atoms with Crippen molar-refractivity contribution in [2.75, 3.05) is 6.54 Å². The zero-order valence-corrected chi connectivity index (χ0v) is 20.3. The first-order valence-electron chi connectivity index (χ1n) is 11.3. The first-order valence-corrected chi connectivity index (χ1v) is 12.7. The van der Waals surface area contributed by atoms with E-state index in [9.17, 15) is 40.4 Å². The van der Waals surface area contributed by atoms with Crippen molar-refractivity contribution in [2.24, 2.45) is 0 Å². The number of sulfonamides is 1. The van der Waals surface area contributed by atoms with E-state index in [-0.39, 0.29) is 40.8 Å². The van der Waals surface area contributed by atoms with E-state index in [0.717, 1.165) is 40.8 Å². The maximum atomic E-state index is 14.2. The highest BCUT2D eigenvalue weighted by molar-refractivity contribution is 7.89. The molecular weight excluding hydrogens is 531 g/mol. The highest BCUT2D eigenvalue weighted by Gasteiger charge is 2.43. The molecule has 7 nitrogen and oxygen atoms in total. The summed E-state index contributed by atoms with van der Waals surface area (Å²) in [6, 6.07) is 8.00. The molecule has 3 heterocycles. The van der Waals surface area contributed by atoms with E-state index >= 15 is 0 Å². The van der Waals surface area contributed by atoms with Crippen molar-refractivity contribution >= 4 is 15.8 Å². The molecule has 0 radical (unpaired) electrons. The maximum Gasteiger partial charge on any atom is 0.433 e. The number of halogens is 5. The zero-order valence-electron chi connectivity index (χ0n) is 19.5. The van der Waals surface area contributed by atoms with Crippen LogP contribution in [-0.2, 0) is 27.4 Å². The molecule has 0 bridgehead atoms. The van der Waals surface area contributed by atoms with Crippen LogP contribution in [0.4, 0.5) is 22.0 Å². The third-order valence-corrected chi connectivity index (χ3v) is 7.96. The number of nitrogens with zero attached hydrogens (tertiary/aromatic N) is 4. The molecular formula is C25H19F5N4O3S. The molecule has 1 aromatic carbocycles. The zero-order chi connectivity index (χ0) is 27.7. The molecule has 4 rings (SSSR count). The van der Waals surface area contributed by atoms with Gasteiger partial charge in [0.25, 0.3) is 0 Å². The van der Waals surface area contributed by atoms with Gasteiger partial charge in [0.15, 0.2) is 5.78 Å². The van der Waals surface area contributed by atoms with Gasteiger partial charge in [-0.15, -0.1) is 0 Å². The fourth-order valence-electron chi connectivity index (χ4n) is 4.16. The van der Waals surface area contributed by atoms with Crippen LogP contribution in [0.5, 0.6) is 0 Å². The molecule has 3 aromatic rings. The predicted octanol–water partition coefficient (Wildman–Crippen LogP) is 4.48. The van der Waals surface area contributed by atoms with Crippen molar-refractivity contribution in [3.05, 3.63) is 77.6 Å². The third-order valence-electron chi connectivity index (χ3n) is 6.07. The quantitative estimate of drug-likeness (QED) is 0.402. The van der Waals surface area contributed by atoms with Crippen LogP contribution >= 0.6 is 0 Å². The number of hydrogen-bond acceptors (Lipinski definition) is 6. The Kier molecular flexibility index (Phi) is 7.57. The number of aromatic nitrogens is 2. The third kappa shape index (κ3) is 5.71. The molecule has 0 aliphatic carbocycles. The Morgan fingerprint density at radius 1 is 1.11 bits per heavy atom. The highest BCUT2D eigenvalue weighted by atomic mass is 32.2. The predicted molar refractivity (Wildman–Crippen MR) is 124 cm³/mol. The lowest BCUT2D eigenvalue weighted by molar-refractivity contribution is -0.141. The minimum absolute atomic E-state index is 0.00347. The van der Waals surface area contributed by atoms with Gasteiger partial charge >= 0.3 is 6.18 Å². The summed E-state index contributed by atoms with van der Waals surface area (Å²) in [5.41, 5.74) is -0.208. The van der Waals surface area contributed by atoms with Gasteiger partial charge < -0.3 is 0 Å². The number of aryl methyl sites for hydroxylation is 1. The molecule has 0 N–H and O–H groups in total. The lowest BCUT2D eigenvalue weighted by Crippen LogP contribution is -2.40. The molecule has 0 saturated carbocycles. The average Bonchev–Trinajstić information content (AvgIpc) is 3.29. The van der Waals surface area contributed by atoms with E-state index < -0.39 is 52.3 Å². The minimum atomic E-state index is -4.63. The van der Waals surface area contributed by atoms with Gasteiger partial charge in [-0.3, -0.25) is 14.8 Å². The van der Waals surface area contributed by atoms with Crippen LogP contribution in [0.25, 0.3) is 11.1 Å². The van der Waals surface area contributed by atoms with Crippen LogP contribution in [0.1, 0.15) is 29.8 Å². The number of nitriles is 1. The molecule has 0 spiro atoms. The van der Waals surface area contributed by atoms with Crippen molar-refractivity contribution in [3.63, 3.8) is 0 Å². The van der Waals surface area contributed by atoms with Crippen molar-refractivity contribution in [1.29, 1.82) is 5.26 Å². The molecule has 198 valence electrons. The van der Waals surface area contributed by atoms with Gasteiger partial charge in [0, 0.05) is 48.6 Å². The maximum absolute atomic E-state index is 14.2. The highest BCUT2D eigenvalue weighted by Crippen LogP contribution is 2.31. The van der Waals surface area contributed by atoms with Crippen LogP contribution in [-0.4, -0.2) is 47.2 Å². The largest absolute Gasteiger partial charge is 0.433 e. The smallest absolute Gasteiger partial charge is 0.298 e. The number of hydrogen-bond donors (Lipinski definition) is 0. The molecule has 1 unspecified atom stereocenters. The fourth-order valence-corrected chi connectivity index (χ4v) is 5.81. The number of carbonyl (C=O) groups excluding carboxylic acids is 1. The van der Waals surface area contributed by atoms with Crippen molar-refractivity contribution in [3.8, 4) is 17.2 Å². The Morgan fingerprint density at radius 2 is 1.82 bits per heavy atom. The summed E-state index contributed by atoms with van der Waals surface area (Å²) < 4.78 is 92.8. The van der Waals surface area contributed by atoms with E-state index in [1.165, 1.54) is 18.3 Å². The van der Waals surface area contributed by atoms with E-state index in [2.05, 4.69) is 9.97 Å². The Balaban J connectivity index is 1.52. The van der Waals surface area contributed by atoms with Gasteiger partial charge in [-0.05, 0) is 42.8 Å². The normalized spacial score (nSPS) is 18.3. The van der Waals surface area contributed by atoms with Gasteiger partial charge in [0.1, 0.15) is 23.8 Å². The number of pyridine rings is 2. The van der Waals surface area contributed by atoms with E-state index in [1.54, 1.807) is 0 Å². The number of Topliss-reactive ketones (excluding diaryl/α,β-unsaturated/α-hetero) is 1. The molecule has 38 heavy (non-hydrogen) atoms. The number of rotatable bonds is 7. The van der Waals surface area contributed by atoms with Crippen molar-refractivity contribution < 1.29 is 35.2 Å². The van der Waals surface area contributed by atoms with Crippen LogP contribution in [0.2, 0.25) is 0 Å². The number of alkyl halides is 4. The van der Waals surface area contributed by atoms with Gasteiger partial charge in [-0.2, -0.15) is 22.7 Å². The summed E-state index contributed by atoms with van der Waals surface area (Å²) in [7, 11) is -4.26. The summed E-state index contributed by atoms with van der Waals surface area (Å²) in [5.74, 6) is -1.21. The molecule has 0 amide bonds. The van der Waals surface area contributed by atoms with Crippen molar-refractivity contribution in [1.82, 2.24) is 14.3 Å². The lowest BCUT2D eigenvalue weighted by Gasteiger charge is -2.22. The molecule has 2 atom stereocenters. The molecule has 1 aliphatic rings. The monoisotopic (exact) mass is 550 g/mol.